The first-order valence-corrected chi connectivity index (χ1v) is 13.5. The van der Waals surface area contributed by atoms with Crippen LogP contribution >= 0.6 is 0 Å². The minimum Gasteiger partial charge on any atom is -0.350 e. The van der Waals surface area contributed by atoms with Gasteiger partial charge in [-0.1, -0.05) is 25.0 Å². The van der Waals surface area contributed by atoms with Crippen molar-refractivity contribution in [2.45, 2.75) is 62.3 Å². The Morgan fingerprint density at radius 3 is 2.28 bits per heavy atom. The lowest BCUT2D eigenvalue weighted by atomic mass is 10.0. The van der Waals surface area contributed by atoms with Crippen molar-refractivity contribution in [3.8, 4) is 0 Å². The second-order valence-electron chi connectivity index (χ2n) is 8.41. The number of benzene rings is 1. The van der Waals surface area contributed by atoms with Gasteiger partial charge in [0.25, 0.3) is 0 Å². The molecule has 7 nitrogen and oxygen atoms in total. The number of hydrogen-bond acceptors (Lipinski definition) is 5. The van der Waals surface area contributed by atoms with Crippen LogP contribution in [0.2, 0.25) is 0 Å². The molecule has 0 spiro atoms. The van der Waals surface area contributed by atoms with Crippen LogP contribution in [-0.4, -0.2) is 57.2 Å². The zero-order chi connectivity index (χ0) is 21.1. The predicted molar refractivity (Wildman–Crippen MR) is 112 cm³/mol. The lowest BCUT2D eigenvalue weighted by Crippen LogP contribution is -2.47. The van der Waals surface area contributed by atoms with E-state index in [0.29, 0.717) is 25.9 Å². The first kappa shape index (κ1) is 22.2. The fourth-order valence-electron chi connectivity index (χ4n) is 4.03. The van der Waals surface area contributed by atoms with E-state index >= 15 is 0 Å². The Morgan fingerprint density at radius 2 is 1.72 bits per heavy atom. The molecule has 2 heterocycles. The second-order valence-corrected chi connectivity index (χ2v) is 12.5. The normalized spacial score (nSPS) is 25.4. The maximum Gasteiger partial charge on any atom is 0.243 e. The van der Waals surface area contributed by atoms with Crippen LogP contribution in [0.4, 0.5) is 0 Å². The van der Waals surface area contributed by atoms with Crippen molar-refractivity contribution < 1.29 is 21.6 Å². The summed E-state index contributed by atoms with van der Waals surface area (Å²) < 4.78 is 50.5. The maximum atomic E-state index is 12.8. The number of aryl methyl sites for hydroxylation is 1. The van der Waals surface area contributed by atoms with Crippen LogP contribution < -0.4 is 5.32 Å². The number of sulfonamides is 1. The fraction of sp³-hybridized carbons (Fsp3) is 0.650. The van der Waals surface area contributed by atoms with Gasteiger partial charge in [0, 0.05) is 19.5 Å². The van der Waals surface area contributed by atoms with Gasteiger partial charge < -0.3 is 5.32 Å². The Bertz CT molecular complexity index is 934. The fourth-order valence-corrected chi connectivity index (χ4v) is 7.64. The molecule has 1 aromatic rings. The topological polar surface area (TPSA) is 101 Å². The van der Waals surface area contributed by atoms with Crippen molar-refractivity contribution in [3.05, 3.63) is 29.8 Å². The minimum absolute atomic E-state index is 0.0191. The number of rotatable bonds is 6. The number of carbonyl (C=O) groups is 1. The standard InChI is InChI=1S/C20H30N2O5S2/c1-20(12-15-28(24,25)16-20)21-19(23)11-8-17-6-9-18(10-7-17)29(26,27)22-13-4-2-3-5-14-22/h6-7,9-10H,2-5,8,11-16H2,1H3,(H,21,23)/t20-/m1/s1. The molecule has 0 saturated carbocycles. The van der Waals surface area contributed by atoms with Crippen molar-refractivity contribution in [2.24, 2.45) is 0 Å². The van der Waals surface area contributed by atoms with E-state index in [1.165, 1.54) is 0 Å². The first-order chi connectivity index (χ1) is 13.6. The second kappa shape index (κ2) is 8.73. The molecule has 0 aromatic heterocycles. The summed E-state index contributed by atoms with van der Waals surface area (Å²) in [5.41, 5.74) is 0.181. The summed E-state index contributed by atoms with van der Waals surface area (Å²) in [4.78, 5) is 12.5. The zero-order valence-electron chi connectivity index (χ0n) is 16.9. The number of amides is 1. The number of hydrogen-bond donors (Lipinski definition) is 1. The van der Waals surface area contributed by atoms with Crippen molar-refractivity contribution in [1.29, 1.82) is 0 Å². The van der Waals surface area contributed by atoms with E-state index in [2.05, 4.69) is 5.32 Å². The van der Waals surface area contributed by atoms with Gasteiger partial charge in [0.05, 0.1) is 21.9 Å². The van der Waals surface area contributed by atoms with E-state index in [9.17, 15) is 21.6 Å². The Labute approximate surface area is 173 Å². The van der Waals surface area contributed by atoms with E-state index in [1.54, 1.807) is 35.5 Å². The predicted octanol–water partition coefficient (Wildman–Crippen LogP) is 1.88. The average molecular weight is 443 g/mol. The summed E-state index contributed by atoms with van der Waals surface area (Å²) in [5.74, 6) is -0.100. The summed E-state index contributed by atoms with van der Waals surface area (Å²) >= 11 is 0. The molecule has 1 N–H and O–H groups in total. The molecule has 2 fully saturated rings. The average Bonchev–Trinajstić information content (AvgIpc) is 2.84. The van der Waals surface area contributed by atoms with Crippen LogP contribution in [0.3, 0.4) is 0 Å². The van der Waals surface area contributed by atoms with E-state index < -0.39 is 25.4 Å². The van der Waals surface area contributed by atoms with E-state index in [1.807, 2.05) is 0 Å². The van der Waals surface area contributed by atoms with Gasteiger partial charge in [-0.3, -0.25) is 4.79 Å². The third kappa shape index (κ3) is 5.79. The van der Waals surface area contributed by atoms with Gasteiger partial charge in [-0.15, -0.1) is 0 Å². The molecule has 0 radical (unpaired) electrons. The Morgan fingerprint density at radius 1 is 1.10 bits per heavy atom. The molecule has 1 aromatic carbocycles. The van der Waals surface area contributed by atoms with Gasteiger partial charge in [-0.2, -0.15) is 4.31 Å². The van der Waals surface area contributed by atoms with E-state index in [0.717, 1.165) is 31.2 Å². The van der Waals surface area contributed by atoms with Gasteiger partial charge in [0.15, 0.2) is 9.84 Å². The monoisotopic (exact) mass is 442 g/mol. The van der Waals surface area contributed by atoms with Crippen molar-refractivity contribution in [2.75, 3.05) is 24.6 Å². The maximum absolute atomic E-state index is 12.8. The van der Waals surface area contributed by atoms with Gasteiger partial charge in [0.2, 0.25) is 15.9 Å². The van der Waals surface area contributed by atoms with Crippen LogP contribution in [0.25, 0.3) is 0 Å². The van der Waals surface area contributed by atoms with Crippen molar-refractivity contribution in [1.82, 2.24) is 9.62 Å². The van der Waals surface area contributed by atoms with Crippen LogP contribution in [0.5, 0.6) is 0 Å². The number of carbonyl (C=O) groups excluding carboxylic acids is 1. The number of nitrogens with one attached hydrogen (secondary N) is 1. The Hall–Kier alpha value is -1.45. The molecule has 162 valence electrons. The first-order valence-electron chi connectivity index (χ1n) is 10.2. The largest absolute Gasteiger partial charge is 0.350 e. The summed E-state index contributed by atoms with van der Waals surface area (Å²) in [6, 6.07) is 6.72. The smallest absolute Gasteiger partial charge is 0.243 e. The number of nitrogens with zero attached hydrogens (tertiary/aromatic N) is 1. The summed E-state index contributed by atoms with van der Waals surface area (Å²) in [6.45, 7) is 2.90. The van der Waals surface area contributed by atoms with Crippen molar-refractivity contribution in [3.63, 3.8) is 0 Å². The molecule has 9 heteroatoms. The van der Waals surface area contributed by atoms with E-state index in [-0.39, 0.29) is 28.7 Å². The molecular weight excluding hydrogens is 412 g/mol. The van der Waals surface area contributed by atoms with Crippen molar-refractivity contribution >= 4 is 25.8 Å². The van der Waals surface area contributed by atoms with Gasteiger partial charge in [0.1, 0.15) is 0 Å². The SMILES string of the molecule is C[C@@]1(NC(=O)CCc2ccc(S(=O)(=O)N3CCCCCC3)cc2)CCS(=O)(=O)C1. The van der Waals surface area contributed by atoms with Crippen LogP contribution in [0.1, 0.15) is 51.0 Å². The highest BCUT2D eigenvalue weighted by Crippen LogP contribution is 2.23. The molecule has 2 aliphatic heterocycles. The minimum atomic E-state index is -3.47. The molecule has 0 bridgehead atoms. The lowest BCUT2D eigenvalue weighted by Gasteiger charge is -2.23. The molecule has 29 heavy (non-hydrogen) atoms. The summed E-state index contributed by atoms with van der Waals surface area (Å²) in [5, 5.41) is 2.85. The molecule has 1 atom stereocenters. The van der Waals surface area contributed by atoms with Gasteiger partial charge in [-0.25, -0.2) is 16.8 Å². The van der Waals surface area contributed by atoms with E-state index in [4.69, 9.17) is 0 Å². The van der Waals surface area contributed by atoms with Crippen LogP contribution in [0, 0.1) is 0 Å². The lowest BCUT2D eigenvalue weighted by molar-refractivity contribution is -0.122. The molecule has 0 aliphatic carbocycles. The highest BCUT2D eigenvalue weighted by molar-refractivity contribution is 7.91. The highest BCUT2D eigenvalue weighted by Gasteiger charge is 2.39. The molecule has 2 aliphatic rings. The Balaban J connectivity index is 1.56. The summed E-state index contributed by atoms with van der Waals surface area (Å²) in [7, 11) is -6.54. The van der Waals surface area contributed by atoms with Crippen LogP contribution in [-0.2, 0) is 31.1 Å². The summed E-state index contributed by atoms with van der Waals surface area (Å²) in [6.07, 6.45) is 5.06. The number of sulfone groups is 1. The van der Waals surface area contributed by atoms with Gasteiger partial charge >= 0.3 is 0 Å². The third-order valence-corrected chi connectivity index (χ3v) is 9.53. The molecule has 1 amide bonds. The van der Waals surface area contributed by atoms with Crippen LogP contribution in [0.15, 0.2) is 29.2 Å². The Kier molecular flexibility index (Phi) is 6.70. The quantitative estimate of drug-likeness (QED) is 0.725. The molecule has 0 unspecified atom stereocenters. The molecule has 3 rings (SSSR count). The highest BCUT2D eigenvalue weighted by atomic mass is 32.2. The third-order valence-electron chi connectivity index (χ3n) is 5.71. The molecular formula is C20H30N2O5S2. The van der Waals surface area contributed by atoms with Gasteiger partial charge in [-0.05, 0) is 50.3 Å². The molecule has 2 saturated heterocycles. The zero-order valence-corrected chi connectivity index (χ0v) is 18.5.